The van der Waals surface area contributed by atoms with Gasteiger partial charge in [-0.1, -0.05) is 81.4 Å². The largest absolute Gasteiger partial charge is 0.471 e. The fraction of sp³-hybridized carbons (Fsp3) is 0.385. The lowest BCUT2D eigenvalue weighted by molar-refractivity contribution is 0.0519. The van der Waals surface area contributed by atoms with E-state index < -0.39 is 20.4 Å². The van der Waals surface area contributed by atoms with Crippen molar-refractivity contribution < 1.29 is 23.8 Å². The Morgan fingerprint density at radius 3 is 2.15 bits per heavy atom. The number of esters is 1. The molecular formula is C26H34N2O5Si. The van der Waals surface area contributed by atoms with Gasteiger partial charge < -0.3 is 19.0 Å². The van der Waals surface area contributed by atoms with Crippen LogP contribution in [0.25, 0.3) is 0 Å². The van der Waals surface area contributed by atoms with Gasteiger partial charge in [0, 0.05) is 19.1 Å². The van der Waals surface area contributed by atoms with Gasteiger partial charge in [0.25, 0.3) is 8.32 Å². The van der Waals surface area contributed by atoms with Gasteiger partial charge in [0.1, 0.15) is 11.8 Å². The van der Waals surface area contributed by atoms with Gasteiger partial charge in [-0.2, -0.15) is 0 Å². The first-order valence-electron chi connectivity index (χ1n) is 11.6. The minimum Gasteiger partial charge on any atom is -0.471 e. The molecular weight excluding hydrogens is 448 g/mol. The van der Waals surface area contributed by atoms with Crippen LogP contribution in [-0.2, 0) is 9.16 Å². The molecule has 1 unspecified atom stereocenters. The molecule has 0 aliphatic carbocycles. The number of H-pyrrole nitrogens is 1. The van der Waals surface area contributed by atoms with Crippen LogP contribution in [0.4, 0.5) is 0 Å². The Hall–Kier alpha value is -2.94. The fourth-order valence-corrected chi connectivity index (χ4v) is 8.72. The highest BCUT2D eigenvalue weighted by atomic mass is 28.4. The highest BCUT2D eigenvalue weighted by molar-refractivity contribution is 6.99. The van der Waals surface area contributed by atoms with Crippen LogP contribution >= 0.6 is 0 Å². The van der Waals surface area contributed by atoms with E-state index in [2.05, 4.69) is 55.2 Å². The third-order valence-electron chi connectivity index (χ3n) is 5.72. The van der Waals surface area contributed by atoms with E-state index in [9.17, 15) is 9.90 Å². The predicted molar refractivity (Wildman–Crippen MR) is 134 cm³/mol. The van der Waals surface area contributed by atoms with Crippen molar-refractivity contribution in [2.75, 3.05) is 19.8 Å². The monoisotopic (exact) mass is 482 g/mol. The normalized spacial score (nSPS) is 12.9. The first kappa shape index (κ1) is 25.7. The van der Waals surface area contributed by atoms with Gasteiger partial charge in [0.15, 0.2) is 0 Å². The summed E-state index contributed by atoms with van der Waals surface area (Å²) in [5.74, 6) is -0.270. The summed E-state index contributed by atoms with van der Waals surface area (Å²) < 4.78 is 17.6. The molecule has 0 saturated carbocycles. The van der Waals surface area contributed by atoms with E-state index >= 15 is 0 Å². The molecule has 0 spiro atoms. The van der Waals surface area contributed by atoms with Gasteiger partial charge in [-0.05, 0) is 22.3 Å². The van der Waals surface area contributed by atoms with Gasteiger partial charge in [-0.3, -0.25) is 5.10 Å². The van der Waals surface area contributed by atoms with Crippen molar-refractivity contribution in [2.45, 2.75) is 45.3 Å². The number of aliphatic hydroxyl groups is 1. The number of nitrogens with zero attached hydrogens (tertiary/aromatic N) is 1. The third-order valence-corrected chi connectivity index (χ3v) is 10.8. The number of rotatable bonds is 11. The summed E-state index contributed by atoms with van der Waals surface area (Å²) in [4.78, 5) is 11.8. The maximum absolute atomic E-state index is 11.8. The van der Waals surface area contributed by atoms with E-state index in [1.54, 1.807) is 6.92 Å². The Bertz CT molecular complexity index is 995. The summed E-state index contributed by atoms with van der Waals surface area (Å²) in [6, 6.07) is 22.3. The highest BCUT2D eigenvalue weighted by Crippen LogP contribution is 2.36. The first-order chi connectivity index (χ1) is 16.3. The number of aromatic amines is 1. The minimum absolute atomic E-state index is 0.137. The molecule has 1 heterocycles. The number of aromatic nitrogens is 2. The van der Waals surface area contributed by atoms with Crippen molar-refractivity contribution in [2.24, 2.45) is 0 Å². The number of carbonyl (C=O) groups is 1. The molecule has 7 nitrogen and oxygen atoms in total. The highest BCUT2D eigenvalue weighted by Gasteiger charge is 2.50. The Balaban J connectivity index is 1.78. The molecule has 34 heavy (non-hydrogen) atoms. The lowest BCUT2D eigenvalue weighted by Crippen LogP contribution is -2.66. The second-order valence-corrected chi connectivity index (χ2v) is 13.4. The van der Waals surface area contributed by atoms with Gasteiger partial charge >= 0.3 is 5.97 Å². The van der Waals surface area contributed by atoms with Crippen LogP contribution in [0.3, 0.4) is 0 Å². The molecule has 2 aromatic carbocycles. The zero-order valence-corrected chi connectivity index (χ0v) is 21.3. The van der Waals surface area contributed by atoms with E-state index in [0.717, 1.165) is 0 Å². The van der Waals surface area contributed by atoms with E-state index in [4.69, 9.17) is 13.9 Å². The summed E-state index contributed by atoms with van der Waals surface area (Å²) in [5, 5.41) is 18.8. The van der Waals surface area contributed by atoms with Gasteiger partial charge in [0.05, 0.1) is 13.2 Å². The van der Waals surface area contributed by atoms with Crippen molar-refractivity contribution >= 4 is 24.7 Å². The molecule has 0 fully saturated rings. The van der Waals surface area contributed by atoms with Crippen LogP contribution in [0, 0.1) is 0 Å². The van der Waals surface area contributed by atoms with E-state index in [-0.39, 0.29) is 29.8 Å². The molecule has 0 amide bonds. The van der Waals surface area contributed by atoms with Crippen LogP contribution in [0.2, 0.25) is 5.04 Å². The van der Waals surface area contributed by atoms with Crippen molar-refractivity contribution in [3.8, 4) is 5.88 Å². The summed E-state index contributed by atoms with van der Waals surface area (Å²) in [5.41, 5.74) is 0.206. The van der Waals surface area contributed by atoms with Crippen molar-refractivity contribution in [1.82, 2.24) is 10.2 Å². The van der Waals surface area contributed by atoms with Crippen LogP contribution in [0.15, 0.2) is 66.7 Å². The lowest BCUT2D eigenvalue weighted by Gasteiger charge is -2.43. The molecule has 1 aromatic heterocycles. The maximum atomic E-state index is 11.8. The van der Waals surface area contributed by atoms with E-state index in [1.165, 1.54) is 16.4 Å². The molecule has 0 aliphatic rings. The molecule has 3 rings (SSSR count). The number of ether oxygens (including phenoxy) is 2. The molecule has 0 saturated heterocycles. The Morgan fingerprint density at radius 2 is 1.65 bits per heavy atom. The Morgan fingerprint density at radius 1 is 1.06 bits per heavy atom. The number of benzene rings is 2. The number of hydrogen-bond acceptors (Lipinski definition) is 6. The molecule has 0 aliphatic heterocycles. The Labute approximate surface area is 202 Å². The van der Waals surface area contributed by atoms with E-state index in [1.807, 2.05) is 36.4 Å². The molecule has 3 aromatic rings. The predicted octanol–water partition coefficient (Wildman–Crippen LogP) is 3.29. The van der Waals surface area contributed by atoms with Crippen LogP contribution in [0.5, 0.6) is 5.88 Å². The number of nitrogens with one attached hydrogen (secondary N) is 1. The number of aliphatic hydroxyl groups excluding tert-OH is 1. The molecule has 182 valence electrons. The van der Waals surface area contributed by atoms with E-state index in [0.29, 0.717) is 13.0 Å². The SMILES string of the molecule is CCOC(=O)c1cc(OC(CO)CCO[Si](c2ccccc2)(c2ccccc2)C(C)(C)C)n[nH]1. The van der Waals surface area contributed by atoms with Crippen molar-refractivity contribution in [1.29, 1.82) is 0 Å². The molecule has 1 atom stereocenters. The number of carbonyl (C=O) groups excluding carboxylic acids is 1. The summed E-state index contributed by atoms with van der Waals surface area (Å²) in [6.07, 6.45) is -0.0701. The average molecular weight is 483 g/mol. The topological polar surface area (TPSA) is 93.7 Å². The smallest absolute Gasteiger partial charge is 0.356 e. The van der Waals surface area contributed by atoms with Gasteiger partial charge in [-0.15, -0.1) is 5.10 Å². The lowest BCUT2D eigenvalue weighted by atomic mass is 10.2. The first-order valence-corrected chi connectivity index (χ1v) is 13.5. The standard InChI is InChI=1S/C26H34N2O5Si/c1-5-31-25(30)23-18-24(28-27-23)33-20(19-29)16-17-32-34(26(2,3)4,21-12-8-6-9-13-21)22-14-10-7-11-15-22/h6-15,18,20,29H,5,16-17,19H2,1-4H3,(H,27,28). The average Bonchev–Trinajstić information content (AvgIpc) is 3.30. The van der Waals surface area contributed by atoms with Gasteiger partial charge in [0.2, 0.25) is 5.88 Å². The second kappa shape index (κ2) is 11.5. The van der Waals surface area contributed by atoms with Crippen LogP contribution in [0.1, 0.15) is 44.6 Å². The van der Waals surface area contributed by atoms with Crippen LogP contribution in [-0.4, -0.2) is 55.5 Å². The minimum atomic E-state index is -2.66. The summed E-state index contributed by atoms with van der Waals surface area (Å²) in [7, 11) is -2.66. The van der Waals surface area contributed by atoms with Gasteiger partial charge in [-0.25, -0.2) is 4.79 Å². The van der Waals surface area contributed by atoms with Crippen molar-refractivity contribution in [3.05, 3.63) is 72.4 Å². The summed E-state index contributed by atoms with van der Waals surface area (Å²) in [6.45, 7) is 8.87. The van der Waals surface area contributed by atoms with Crippen molar-refractivity contribution in [3.63, 3.8) is 0 Å². The zero-order chi connectivity index (χ0) is 24.6. The molecule has 0 bridgehead atoms. The third kappa shape index (κ3) is 5.75. The number of hydrogen-bond donors (Lipinski definition) is 2. The fourth-order valence-electron chi connectivity index (χ4n) is 4.14. The molecule has 2 N–H and O–H groups in total. The zero-order valence-electron chi connectivity index (χ0n) is 20.3. The second-order valence-electron chi connectivity index (χ2n) is 9.06. The maximum Gasteiger partial charge on any atom is 0.356 e. The molecule has 0 radical (unpaired) electrons. The quantitative estimate of drug-likeness (QED) is 0.322. The summed E-state index contributed by atoms with van der Waals surface area (Å²) >= 11 is 0. The molecule has 8 heteroatoms. The van der Waals surface area contributed by atoms with Crippen LogP contribution < -0.4 is 15.1 Å². The Kier molecular flexibility index (Phi) is 8.65.